The molecule has 1 aromatic carbocycles. The molecule has 1 saturated heterocycles. The van der Waals surface area contributed by atoms with Crippen LogP contribution in [-0.4, -0.2) is 41.8 Å². The highest BCUT2D eigenvalue weighted by Gasteiger charge is 2.24. The fourth-order valence-electron chi connectivity index (χ4n) is 3.33. The Hall–Kier alpha value is -2.25. The van der Waals surface area contributed by atoms with Gasteiger partial charge in [-0.15, -0.1) is 0 Å². The second-order valence-corrected chi connectivity index (χ2v) is 7.72. The Morgan fingerprint density at radius 3 is 2.96 bits per heavy atom. The molecule has 1 fully saturated rings. The Bertz CT molecular complexity index is 824. The van der Waals surface area contributed by atoms with Crippen molar-refractivity contribution in [3.63, 3.8) is 0 Å². The summed E-state index contributed by atoms with van der Waals surface area (Å²) in [5.41, 5.74) is 2.91. The molecule has 0 unspecified atom stereocenters. The van der Waals surface area contributed by atoms with E-state index in [0.717, 1.165) is 47.6 Å². The lowest BCUT2D eigenvalue weighted by Gasteiger charge is -2.27. The molecule has 0 aliphatic carbocycles. The van der Waals surface area contributed by atoms with Gasteiger partial charge in [0.15, 0.2) is 5.13 Å². The van der Waals surface area contributed by atoms with Gasteiger partial charge in [0, 0.05) is 17.8 Å². The molecule has 7 heteroatoms. The number of hydrogen-bond acceptors (Lipinski definition) is 5. The van der Waals surface area contributed by atoms with E-state index in [-0.39, 0.29) is 17.7 Å². The average Bonchev–Trinajstić information content (AvgIpc) is 3.20. The number of likely N-dealkylation sites (tertiary alicyclic amines) is 1. The van der Waals surface area contributed by atoms with Gasteiger partial charge in [0.25, 0.3) is 0 Å². The summed E-state index contributed by atoms with van der Waals surface area (Å²) < 4.78 is 0. The number of amides is 2. The van der Waals surface area contributed by atoms with E-state index in [1.165, 1.54) is 11.3 Å². The summed E-state index contributed by atoms with van der Waals surface area (Å²) in [4.78, 5) is 31.5. The van der Waals surface area contributed by atoms with E-state index in [9.17, 15) is 9.59 Å². The van der Waals surface area contributed by atoms with E-state index >= 15 is 0 Å². The van der Waals surface area contributed by atoms with Crippen molar-refractivity contribution in [3.8, 4) is 10.4 Å². The number of thiazole rings is 1. The fourth-order valence-corrected chi connectivity index (χ4v) is 4.14. The normalized spacial score (nSPS) is 18.0. The summed E-state index contributed by atoms with van der Waals surface area (Å²) in [6.45, 7) is 1.92. The summed E-state index contributed by atoms with van der Waals surface area (Å²) in [7, 11) is 2.08. The molecule has 0 atom stereocenters. The zero-order chi connectivity index (χ0) is 17.4. The maximum atomic E-state index is 12.4. The smallest absolute Gasteiger partial charge is 0.229 e. The van der Waals surface area contributed by atoms with E-state index in [1.807, 2.05) is 18.2 Å². The van der Waals surface area contributed by atoms with Crippen LogP contribution in [0.3, 0.4) is 0 Å². The summed E-state index contributed by atoms with van der Waals surface area (Å²) in [6, 6.07) is 5.91. The van der Waals surface area contributed by atoms with Crippen LogP contribution in [0.25, 0.3) is 10.4 Å². The van der Waals surface area contributed by atoms with Gasteiger partial charge in [-0.3, -0.25) is 9.59 Å². The van der Waals surface area contributed by atoms with Gasteiger partial charge in [0.1, 0.15) is 0 Å². The Morgan fingerprint density at radius 1 is 1.36 bits per heavy atom. The van der Waals surface area contributed by atoms with E-state index in [2.05, 4.69) is 27.6 Å². The lowest BCUT2D eigenvalue weighted by Crippen LogP contribution is -2.35. The molecule has 2 amide bonds. The molecule has 25 heavy (non-hydrogen) atoms. The highest BCUT2D eigenvalue weighted by Crippen LogP contribution is 2.33. The van der Waals surface area contributed by atoms with Crippen molar-refractivity contribution in [1.82, 2.24) is 9.88 Å². The Labute approximate surface area is 150 Å². The molecule has 0 spiro atoms. The monoisotopic (exact) mass is 356 g/mol. The Balaban J connectivity index is 1.45. The standard InChI is InChI=1S/C18H20N4O2S/c1-22-6-4-11(5-7-22)17(24)21-18-19-10-15(25-18)12-2-3-14-13(8-12)9-16(23)20-14/h2-3,8,10-11H,4-7,9H2,1H3,(H,20,23)(H,19,21,24). The molecular weight excluding hydrogens is 336 g/mol. The van der Waals surface area contributed by atoms with Crippen LogP contribution >= 0.6 is 11.3 Å². The molecule has 0 bridgehead atoms. The predicted molar refractivity (Wildman–Crippen MR) is 98.7 cm³/mol. The van der Waals surface area contributed by atoms with E-state index in [1.54, 1.807) is 6.20 Å². The second-order valence-electron chi connectivity index (χ2n) is 6.69. The molecule has 0 radical (unpaired) electrons. The van der Waals surface area contributed by atoms with Crippen molar-refractivity contribution in [2.45, 2.75) is 19.3 Å². The Morgan fingerprint density at radius 2 is 2.16 bits per heavy atom. The van der Waals surface area contributed by atoms with E-state index in [0.29, 0.717) is 11.6 Å². The lowest BCUT2D eigenvalue weighted by atomic mass is 9.96. The highest BCUT2D eigenvalue weighted by molar-refractivity contribution is 7.19. The Kier molecular flexibility index (Phi) is 4.27. The summed E-state index contributed by atoms with van der Waals surface area (Å²) >= 11 is 1.47. The maximum absolute atomic E-state index is 12.4. The first kappa shape index (κ1) is 16.2. The number of benzene rings is 1. The molecular formula is C18H20N4O2S. The van der Waals surface area contributed by atoms with Gasteiger partial charge in [-0.25, -0.2) is 4.98 Å². The van der Waals surface area contributed by atoms with Crippen LogP contribution in [0.4, 0.5) is 10.8 Å². The third kappa shape index (κ3) is 3.43. The van der Waals surface area contributed by atoms with Gasteiger partial charge in [0.05, 0.1) is 11.3 Å². The van der Waals surface area contributed by atoms with Crippen LogP contribution in [-0.2, 0) is 16.0 Å². The summed E-state index contributed by atoms with van der Waals surface area (Å²) in [5.74, 6) is 0.168. The molecule has 2 aliphatic rings. The molecule has 130 valence electrons. The SMILES string of the molecule is CN1CCC(C(=O)Nc2ncc(-c3ccc4c(c3)CC(=O)N4)s2)CC1. The minimum absolute atomic E-state index is 0.0301. The largest absolute Gasteiger partial charge is 0.326 e. The first-order valence-corrected chi connectivity index (χ1v) is 9.28. The number of piperidine rings is 1. The topological polar surface area (TPSA) is 74.3 Å². The third-order valence-corrected chi connectivity index (χ3v) is 5.80. The van der Waals surface area contributed by atoms with Crippen LogP contribution in [0.2, 0.25) is 0 Å². The number of fused-ring (bicyclic) bond motifs is 1. The zero-order valence-electron chi connectivity index (χ0n) is 14.0. The number of carbonyl (C=O) groups is 2. The highest BCUT2D eigenvalue weighted by atomic mass is 32.1. The second kappa shape index (κ2) is 6.57. The summed E-state index contributed by atoms with van der Waals surface area (Å²) in [6.07, 6.45) is 3.99. The third-order valence-electron chi connectivity index (χ3n) is 4.84. The van der Waals surface area contributed by atoms with Gasteiger partial charge in [0.2, 0.25) is 11.8 Å². The molecule has 0 saturated carbocycles. The van der Waals surface area contributed by atoms with E-state index in [4.69, 9.17) is 0 Å². The van der Waals surface area contributed by atoms with Crippen molar-refractivity contribution in [2.24, 2.45) is 5.92 Å². The molecule has 1 aromatic heterocycles. The van der Waals surface area contributed by atoms with Gasteiger partial charge in [-0.2, -0.15) is 0 Å². The van der Waals surface area contributed by atoms with Crippen molar-refractivity contribution in [2.75, 3.05) is 30.8 Å². The molecule has 6 nitrogen and oxygen atoms in total. The van der Waals surface area contributed by atoms with Gasteiger partial charge in [-0.1, -0.05) is 17.4 Å². The van der Waals surface area contributed by atoms with Crippen LogP contribution < -0.4 is 10.6 Å². The number of hydrogen-bond donors (Lipinski definition) is 2. The zero-order valence-corrected chi connectivity index (χ0v) is 14.9. The maximum Gasteiger partial charge on any atom is 0.229 e. The molecule has 2 aromatic rings. The molecule has 2 N–H and O–H groups in total. The lowest BCUT2D eigenvalue weighted by molar-refractivity contribution is -0.121. The van der Waals surface area contributed by atoms with Crippen molar-refractivity contribution >= 4 is 34.0 Å². The number of anilines is 2. The molecule has 4 rings (SSSR count). The number of carbonyl (C=O) groups excluding carboxylic acids is 2. The van der Waals surface area contributed by atoms with Crippen LogP contribution in [0.1, 0.15) is 18.4 Å². The van der Waals surface area contributed by atoms with Gasteiger partial charge >= 0.3 is 0 Å². The minimum Gasteiger partial charge on any atom is -0.326 e. The quantitative estimate of drug-likeness (QED) is 0.886. The number of aromatic nitrogens is 1. The van der Waals surface area contributed by atoms with Crippen LogP contribution in [0, 0.1) is 5.92 Å². The number of nitrogens with one attached hydrogen (secondary N) is 2. The average molecular weight is 356 g/mol. The predicted octanol–water partition coefficient (Wildman–Crippen LogP) is 2.59. The minimum atomic E-state index is 0.0301. The first-order valence-electron chi connectivity index (χ1n) is 8.47. The summed E-state index contributed by atoms with van der Waals surface area (Å²) in [5, 5.41) is 6.43. The number of nitrogens with zero attached hydrogens (tertiary/aromatic N) is 2. The van der Waals surface area contributed by atoms with Crippen LogP contribution in [0.5, 0.6) is 0 Å². The first-order chi connectivity index (χ1) is 12.1. The van der Waals surface area contributed by atoms with Crippen molar-refractivity contribution < 1.29 is 9.59 Å². The van der Waals surface area contributed by atoms with Crippen molar-refractivity contribution in [3.05, 3.63) is 30.0 Å². The number of rotatable bonds is 3. The van der Waals surface area contributed by atoms with Crippen LogP contribution in [0.15, 0.2) is 24.4 Å². The van der Waals surface area contributed by atoms with E-state index < -0.39 is 0 Å². The molecule has 3 heterocycles. The van der Waals surface area contributed by atoms with Gasteiger partial charge < -0.3 is 15.5 Å². The van der Waals surface area contributed by atoms with Gasteiger partial charge in [-0.05, 0) is 56.2 Å². The van der Waals surface area contributed by atoms with Crippen molar-refractivity contribution in [1.29, 1.82) is 0 Å². The fraction of sp³-hybridized carbons (Fsp3) is 0.389. The molecule has 2 aliphatic heterocycles.